The number of hydrogen-bond acceptors (Lipinski definition) is 6. The van der Waals surface area contributed by atoms with Gasteiger partial charge in [-0.3, -0.25) is 9.59 Å². The van der Waals surface area contributed by atoms with Crippen molar-refractivity contribution in [3.05, 3.63) is 59.2 Å². The second kappa shape index (κ2) is 14.2. The summed E-state index contributed by atoms with van der Waals surface area (Å²) < 4.78 is 42.4. The largest absolute Gasteiger partial charge is 0.493 e. The zero-order valence-corrected chi connectivity index (χ0v) is 21.5. The van der Waals surface area contributed by atoms with E-state index < -0.39 is 12.1 Å². The highest BCUT2D eigenvalue weighted by atomic mass is 19.4. The van der Waals surface area contributed by atoms with Gasteiger partial charge < -0.3 is 29.7 Å². The lowest BCUT2D eigenvalue weighted by molar-refractivity contribution is -0.192. The molecular formula is C26H32F3N3O6. The van der Waals surface area contributed by atoms with E-state index in [-0.39, 0.29) is 11.8 Å². The molecule has 0 aliphatic carbocycles. The van der Waals surface area contributed by atoms with Crippen molar-refractivity contribution in [2.75, 3.05) is 46.9 Å². The van der Waals surface area contributed by atoms with E-state index in [2.05, 4.69) is 11.4 Å². The molecule has 0 radical (unpaired) electrons. The molecule has 38 heavy (non-hydrogen) atoms. The lowest BCUT2D eigenvalue weighted by Gasteiger charge is -2.29. The first-order valence-corrected chi connectivity index (χ1v) is 11.8. The molecule has 0 atom stereocenters. The van der Waals surface area contributed by atoms with Crippen molar-refractivity contribution in [1.82, 2.24) is 15.1 Å². The van der Waals surface area contributed by atoms with Gasteiger partial charge in [-0.05, 0) is 30.7 Å². The van der Waals surface area contributed by atoms with Gasteiger partial charge >= 0.3 is 12.1 Å². The number of nitrogens with one attached hydrogen (secondary N) is 1. The molecule has 0 bridgehead atoms. The summed E-state index contributed by atoms with van der Waals surface area (Å²) >= 11 is 0. The van der Waals surface area contributed by atoms with Gasteiger partial charge in [0.05, 0.1) is 14.2 Å². The summed E-state index contributed by atoms with van der Waals surface area (Å²) in [6.07, 6.45) is -4.79. The van der Waals surface area contributed by atoms with Gasteiger partial charge in [0.1, 0.15) is 0 Å². The number of piperazine rings is 1. The van der Waals surface area contributed by atoms with Crippen LogP contribution >= 0.6 is 0 Å². The van der Waals surface area contributed by atoms with Gasteiger partial charge in [0.2, 0.25) is 5.91 Å². The van der Waals surface area contributed by atoms with Crippen LogP contribution in [0.4, 0.5) is 13.2 Å². The average molecular weight is 540 g/mol. The minimum atomic E-state index is -5.08. The number of carboxylic acid groups (broad SMARTS) is 1. The first kappa shape index (κ1) is 30.4. The fourth-order valence-corrected chi connectivity index (χ4v) is 3.74. The molecule has 0 unspecified atom stereocenters. The number of methoxy groups -OCH3 is 2. The van der Waals surface area contributed by atoms with E-state index in [1.165, 1.54) is 0 Å². The fraction of sp³-hybridized carbons (Fsp3) is 0.423. The monoisotopic (exact) mass is 539 g/mol. The predicted octanol–water partition coefficient (Wildman–Crippen LogP) is 3.11. The highest BCUT2D eigenvalue weighted by molar-refractivity contribution is 5.95. The van der Waals surface area contributed by atoms with Gasteiger partial charge in [-0.1, -0.05) is 29.8 Å². The maximum atomic E-state index is 13.4. The van der Waals surface area contributed by atoms with Crippen molar-refractivity contribution in [2.24, 2.45) is 0 Å². The highest BCUT2D eigenvalue weighted by Crippen LogP contribution is 2.28. The molecule has 0 aromatic heterocycles. The number of aliphatic carboxylic acids is 1. The first-order chi connectivity index (χ1) is 18.0. The van der Waals surface area contributed by atoms with Crippen LogP contribution in [0.5, 0.6) is 11.5 Å². The molecule has 208 valence electrons. The predicted molar refractivity (Wildman–Crippen MR) is 133 cm³/mol. The van der Waals surface area contributed by atoms with Crippen LogP contribution in [0.3, 0.4) is 0 Å². The summed E-state index contributed by atoms with van der Waals surface area (Å²) in [6.45, 7) is 5.85. The minimum Gasteiger partial charge on any atom is -0.493 e. The summed E-state index contributed by atoms with van der Waals surface area (Å²) in [5.74, 6) is -1.75. The number of benzene rings is 2. The second-order valence-electron chi connectivity index (χ2n) is 8.47. The number of hydrogen-bond donors (Lipinski definition) is 2. The molecule has 0 saturated carbocycles. The van der Waals surface area contributed by atoms with Gasteiger partial charge in [-0.2, -0.15) is 13.2 Å². The Morgan fingerprint density at radius 2 is 1.66 bits per heavy atom. The van der Waals surface area contributed by atoms with Gasteiger partial charge in [0, 0.05) is 51.3 Å². The van der Waals surface area contributed by atoms with Crippen molar-refractivity contribution in [2.45, 2.75) is 26.1 Å². The SMILES string of the molecule is COc1ccc(C(=O)N(CCC(=O)N2CCNCC2)Cc2cccc(C)c2)cc1OC.O=C(O)C(F)(F)F. The maximum Gasteiger partial charge on any atom is 0.490 e. The van der Waals surface area contributed by atoms with Gasteiger partial charge in [0.25, 0.3) is 5.91 Å². The molecule has 12 heteroatoms. The number of aryl methyl sites for hydroxylation is 1. The van der Waals surface area contributed by atoms with E-state index in [1.807, 2.05) is 30.0 Å². The molecule has 2 aromatic carbocycles. The number of alkyl halides is 3. The topological polar surface area (TPSA) is 108 Å². The molecule has 1 heterocycles. The van der Waals surface area contributed by atoms with Gasteiger partial charge in [-0.25, -0.2) is 4.79 Å². The van der Waals surface area contributed by atoms with Crippen molar-refractivity contribution in [3.8, 4) is 11.5 Å². The van der Waals surface area contributed by atoms with Crippen LogP contribution in [0.15, 0.2) is 42.5 Å². The zero-order chi connectivity index (χ0) is 28.3. The zero-order valence-electron chi connectivity index (χ0n) is 21.5. The van der Waals surface area contributed by atoms with Crippen molar-refractivity contribution >= 4 is 17.8 Å². The summed E-state index contributed by atoms with van der Waals surface area (Å²) in [5, 5.41) is 10.4. The molecule has 1 fully saturated rings. The van der Waals surface area contributed by atoms with Crippen LogP contribution in [0.2, 0.25) is 0 Å². The van der Waals surface area contributed by atoms with E-state index in [4.69, 9.17) is 19.4 Å². The number of carbonyl (C=O) groups is 3. The van der Waals surface area contributed by atoms with Crippen LogP contribution in [-0.4, -0.2) is 85.8 Å². The molecule has 3 rings (SSSR count). The van der Waals surface area contributed by atoms with Crippen molar-refractivity contribution in [3.63, 3.8) is 0 Å². The smallest absolute Gasteiger partial charge is 0.490 e. The number of carbonyl (C=O) groups excluding carboxylic acids is 2. The van der Waals surface area contributed by atoms with Crippen LogP contribution in [0, 0.1) is 6.92 Å². The fourth-order valence-electron chi connectivity index (χ4n) is 3.74. The number of carboxylic acids is 1. The second-order valence-corrected chi connectivity index (χ2v) is 8.47. The highest BCUT2D eigenvalue weighted by Gasteiger charge is 2.38. The van der Waals surface area contributed by atoms with E-state index in [0.717, 1.165) is 24.2 Å². The molecule has 2 amide bonds. The Kier molecular flexibility index (Phi) is 11.4. The Hall–Kier alpha value is -3.80. The molecule has 2 N–H and O–H groups in total. The van der Waals surface area contributed by atoms with Gasteiger partial charge in [0.15, 0.2) is 11.5 Å². The summed E-state index contributed by atoms with van der Waals surface area (Å²) in [4.78, 5) is 38.6. The summed E-state index contributed by atoms with van der Waals surface area (Å²) in [5.41, 5.74) is 2.66. The lowest BCUT2D eigenvalue weighted by Crippen LogP contribution is -2.47. The first-order valence-electron chi connectivity index (χ1n) is 11.8. The van der Waals surface area contributed by atoms with E-state index in [1.54, 1.807) is 37.3 Å². The van der Waals surface area contributed by atoms with Crippen molar-refractivity contribution in [1.29, 1.82) is 0 Å². The third kappa shape index (κ3) is 9.25. The third-order valence-corrected chi connectivity index (χ3v) is 5.68. The number of rotatable bonds is 8. The molecule has 0 spiro atoms. The van der Waals surface area contributed by atoms with Crippen LogP contribution in [-0.2, 0) is 16.1 Å². The molecule has 2 aromatic rings. The molecule has 1 aliphatic heterocycles. The summed E-state index contributed by atoms with van der Waals surface area (Å²) in [7, 11) is 3.11. The van der Waals surface area contributed by atoms with Gasteiger partial charge in [-0.15, -0.1) is 0 Å². The number of amides is 2. The Bertz CT molecular complexity index is 1100. The number of nitrogens with zero attached hydrogens (tertiary/aromatic N) is 2. The molecule has 1 saturated heterocycles. The van der Waals surface area contributed by atoms with E-state index in [0.29, 0.717) is 49.7 Å². The molecular weight excluding hydrogens is 507 g/mol. The van der Waals surface area contributed by atoms with Crippen LogP contribution in [0.25, 0.3) is 0 Å². The minimum absolute atomic E-state index is 0.0795. The Morgan fingerprint density at radius 1 is 1.03 bits per heavy atom. The Balaban J connectivity index is 0.000000638. The van der Waals surface area contributed by atoms with E-state index in [9.17, 15) is 22.8 Å². The van der Waals surface area contributed by atoms with E-state index >= 15 is 0 Å². The average Bonchev–Trinajstić information content (AvgIpc) is 2.90. The third-order valence-electron chi connectivity index (χ3n) is 5.68. The van der Waals surface area contributed by atoms with Crippen LogP contribution in [0.1, 0.15) is 27.9 Å². The number of ether oxygens (including phenoxy) is 2. The normalized spacial score (nSPS) is 13.2. The standard InChI is InChI=1S/C24H31N3O4.C2HF3O2/c1-18-5-4-6-19(15-18)17-27(12-9-23(28)26-13-10-25-11-14-26)24(29)20-7-8-21(30-2)22(16-20)31-3;3-2(4,5)1(6)7/h4-8,15-16,25H,9-14,17H2,1-3H3;(H,6,7). The Labute approximate surface area is 219 Å². The molecule has 9 nitrogen and oxygen atoms in total. The maximum absolute atomic E-state index is 13.4. The lowest BCUT2D eigenvalue weighted by atomic mass is 10.1. The summed E-state index contributed by atoms with van der Waals surface area (Å²) in [6, 6.07) is 13.2. The molecule has 1 aliphatic rings. The quantitative estimate of drug-likeness (QED) is 0.531. The Morgan fingerprint density at radius 3 is 2.21 bits per heavy atom. The van der Waals surface area contributed by atoms with Crippen molar-refractivity contribution < 1.29 is 42.1 Å². The number of halogens is 3. The van der Waals surface area contributed by atoms with Crippen LogP contribution < -0.4 is 14.8 Å².